The number of phenolic OH excluding ortho intramolecular Hbond substituents is 1. The van der Waals surface area contributed by atoms with Gasteiger partial charge in [-0.2, -0.15) is 0 Å². The average Bonchev–Trinajstić information content (AvgIpc) is 2.66. The lowest BCUT2D eigenvalue weighted by Crippen LogP contribution is -2.40. The van der Waals surface area contributed by atoms with Crippen LogP contribution in [-0.2, 0) is 19.3 Å². The monoisotopic (exact) mass is 355 g/mol. The third-order valence-electron chi connectivity index (χ3n) is 5.26. The van der Waals surface area contributed by atoms with Gasteiger partial charge in [0.2, 0.25) is 0 Å². The highest BCUT2D eigenvalue weighted by Crippen LogP contribution is 2.34. The van der Waals surface area contributed by atoms with Crippen LogP contribution in [-0.4, -0.2) is 31.4 Å². The summed E-state index contributed by atoms with van der Waals surface area (Å²) < 4.78 is 10.9. The van der Waals surface area contributed by atoms with Gasteiger partial charge in [-0.3, -0.25) is 0 Å². The minimum Gasteiger partial charge on any atom is -0.508 e. The van der Waals surface area contributed by atoms with Gasteiger partial charge < -0.3 is 19.9 Å². The van der Waals surface area contributed by atoms with Gasteiger partial charge in [-0.15, -0.1) is 0 Å². The van der Waals surface area contributed by atoms with Crippen LogP contribution in [0.4, 0.5) is 0 Å². The summed E-state index contributed by atoms with van der Waals surface area (Å²) >= 11 is 0. The fourth-order valence-corrected chi connectivity index (χ4v) is 3.76. The molecule has 0 radical (unpaired) electrons. The summed E-state index contributed by atoms with van der Waals surface area (Å²) in [6.07, 6.45) is 5.34. The van der Waals surface area contributed by atoms with Crippen LogP contribution in [0.5, 0.6) is 17.2 Å². The van der Waals surface area contributed by atoms with E-state index in [1.165, 1.54) is 16.7 Å². The summed E-state index contributed by atoms with van der Waals surface area (Å²) in [7, 11) is 3.38. The molecule has 1 aliphatic carbocycles. The summed E-state index contributed by atoms with van der Waals surface area (Å²) in [4.78, 5) is 0. The molecular weight excluding hydrogens is 326 g/mol. The Balaban J connectivity index is 1.55. The number of phenols is 1. The fourth-order valence-electron chi connectivity index (χ4n) is 3.76. The molecule has 2 aromatic carbocycles. The number of methoxy groups -OCH3 is 2. The maximum Gasteiger partial charge on any atom is 0.161 e. The summed E-state index contributed by atoms with van der Waals surface area (Å²) in [6.45, 7) is 2.25. The largest absolute Gasteiger partial charge is 0.508 e. The number of benzene rings is 2. The van der Waals surface area contributed by atoms with Crippen LogP contribution in [0.2, 0.25) is 0 Å². The minimum atomic E-state index is 0.327. The molecule has 0 aliphatic heterocycles. The zero-order valence-electron chi connectivity index (χ0n) is 15.9. The molecule has 2 aromatic rings. The Morgan fingerprint density at radius 1 is 1.08 bits per heavy atom. The van der Waals surface area contributed by atoms with Gasteiger partial charge in [0.25, 0.3) is 0 Å². The van der Waals surface area contributed by atoms with Crippen LogP contribution in [0.25, 0.3) is 0 Å². The predicted molar refractivity (Wildman–Crippen MR) is 104 cm³/mol. The molecule has 2 atom stereocenters. The highest BCUT2D eigenvalue weighted by atomic mass is 16.5. The Bertz CT molecular complexity index is 727. The van der Waals surface area contributed by atoms with E-state index in [0.29, 0.717) is 17.8 Å². The maximum atomic E-state index is 9.37. The van der Waals surface area contributed by atoms with E-state index in [9.17, 15) is 5.11 Å². The number of ether oxygens (including phenoxy) is 2. The molecule has 0 saturated carbocycles. The second-order valence-electron chi connectivity index (χ2n) is 7.19. The predicted octanol–water partition coefficient (Wildman–Crippen LogP) is 3.88. The van der Waals surface area contributed by atoms with E-state index in [-0.39, 0.29) is 0 Å². The highest BCUT2D eigenvalue weighted by Gasteiger charge is 2.22. The third kappa shape index (κ3) is 4.50. The molecule has 2 unspecified atom stereocenters. The molecule has 4 nitrogen and oxygen atoms in total. The van der Waals surface area contributed by atoms with Crippen LogP contribution in [0.3, 0.4) is 0 Å². The zero-order chi connectivity index (χ0) is 18.5. The summed E-state index contributed by atoms with van der Waals surface area (Å²) in [5.41, 5.74) is 4.00. The van der Waals surface area contributed by atoms with Gasteiger partial charge in [-0.1, -0.05) is 12.1 Å². The molecule has 0 aromatic heterocycles. The smallest absolute Gasteiger partial charge is 0.161 e. The number of aryl methyl sites for hydroxylation is 2. The quantitative estimate of drug-likeness (QED) is 0.791. The average molecular weight is 355 g/mol. The Hall–Kier alpha value is -2.20. The second-order valence-corrected chi connectivity index (χ2v) is 7.19. The Morgan fingerprint density at radius 3 is 2.38 bits per heavy atom. The Morgan fingerprint density at radius 2 is 1.73 bits per heavy atom. The van der Waals surface area contributed by atoms with E-state index in [1.54, 1.807) is 26.4 Å². The number of aromatic hydroxyl groups is 1. The van der Waals surface area contributed by atoms with Crippen molar-refractivity contribution in [3.63, 3.8) is 0 Å². The molecule has 4 heteroatoms. The number of nitrogens with one attached hydrogen (secondary N) is 1. The van der Waals surface area contributed by atoms with E-state index in [4.69, 9.17) is 9.47 Å². The van der Waals surface area contributed by atoms with Crippen LogP contribution >= 0.6 is 0 Å². The van der Waals surface area contributed by atoms with E-state index >= 15 is 0 Å². The van der Waals surface area contributed by atoms with Crippen LogP contribution in [0.1, 0.15) is 36.5 Å². The highest BCUT2D eigenvalue weighted by molar-refractivity contribution is 5.48. The molecule has 0 heterocycles. The van der Waals surface area contributed by atoms with E-state index < -0.39 is 0 Å². The van der Waals surface area contributed by atoms with Gasteiger partial charge in [-0.25, -0.2) is 0 Å². The molecule has 3 rings (SSSR count). The van der Waals surface area contributed by atoms with Gasteiger partial charge in [0.1, 0.15) is 5.75 Å². The zero-order valence-corrected chi connectivity index (χ0v) is 15.9. The Kier molecular flexibility index (Phi) is 6.04. The first-order valence-corrected chi connectivity index (χ1v) is 9.36. The lowest BCUT2D eigenvalue weighted by atomic mass is 9.87. The molecule has 0 amide bonds. The molecule has 2 N–H and O–H groups in total. The van der Waals surface area contributed by atoms with E-state index in [2.05, 4.69) is 24.4 Å². The van der Waals surface area contributed by atoms with Crippen molar-refractivity contribution in [1.82, 2.24) is 5.32 Å². The van der Waals surface area contributed by atoms with Crippen molar-refractivity contribution < 1.29 is 14.6 Å². The number of hydrogen-bond acceptors (Lipinski definition) is 4. The first-order valence-electron chi connectivity index (χ1n) is 9.36. The summed E-state index contributed by atoms with van der Waals surface area (Å²) in [5, 5.41) is 13.2. The van der Waals surface area contributed by atoms with Gasteiger partial charge in [0.05, 0.1) is 14.2 Å². The maximum absolute atomic E-state index is 9.37. The van der Waals surface area contributed by atoms with E-state index in [1.807, 2.05) is 12.1 Å². The molecule has 0 saturated heterocycles. The van der Waals surface area contributed by atoms with Gasteiger partial charge in [0, 0.05) is 12.1 Å². The molecule has 1 aliphatic rings. The van der Waals surface area contributed by atoms with Gasteiger partial charge in [-0.05, 0) is 80.0 Å². The van der Waals surface area contributed by atoms with Crippen molar-refractivity contribution in [2.45, 2.75) is 51.1 Å². The van der Waals surface area contributed by atoms with Crippen molar-refractivity contribution in [2.75, 3.05) is 14.2 Å². The van der Waals surface area contributed by atoms with Crippen molar-refractivity contribution >= 4 is 0 Å². The van der Waals surface area contributed by atoms with Gasteiger partial charge >= 0.3 is 0 Å². The first-order chi connectivity index (χ1) is 12.6. The lowest BCUT2D eigenvalue weighted by molar-refractivity contribution is 0.350. The Labute approximate surface area is 156 Å². The number of hydrogen-bond donors (Lipinski definition) is 2. The van der Waals surface area contributed by atoms with Crippen molar-refractivity contribution in [3.05, 3.63) is 53.1 Å². The van der Waals surface area contributed by atoms with Crippen LogP contribution < -0.4 is 14.8 Å². The van der Waals surface area contributed by atoms with Crippen molar-refractivity contribution in [3.8, 4) is 17.2 Å². The van der Waals surface area contributed by atoms with Crippen LogP contribution in [0, 0.1) is 0 Å². The summed E-state index contributed by atoms with van der Waals surface area (Å²) in [5.74, 6) is 1.96. The first kappa shape index (κ1) is 18.6. The molecule has 26 heavy (non-hydrogen) atoms. The van der Waals surface area contributed by atoms with E-state index in [0.717, 1.165) is 43.6 Å². The molecular formula is C22H29NO3. The topological polar surface area (TPSA) is 50.7 Å². The number of rotatable bonds is 7. The van der Waals surface area contributed by atoms with Crippen LogP contribution in [0.15, 0.2) is 36.4 Å². The lowest BCUT2D eigenvalue weighted by Gasteiger charge is -2.29. The normalized spacial score (nSPS) is 17.4. The molecule has 0 spiro atoms. The minimum absolute atomic E-state index is 0.327. The van der Waals surface area contributed by atoms with Crippen molar-refractivity contribution in [1.29, 1.82) is 0 Å². The standard InChI is InChI=1S/C22H29NO3/c1-15(4-5-16-6-10-20(24)11-7-16)23-19-9-8-17-13-21(25-2)22(26-3)14-18(17)12-19/h6-7,10-11,13-15,19,23-24H,4-5,8-9,12H2,1-3H3. The van der Waals surface area contributed by atoms with Crippen molar-refractivity contribution in [2.24, 2.45) is 0 Å². The molecule has 140 valence electrons. The molecule has 0 bridgehead atoms. The summed E-state index contributed by atoms with van der Waals surface area (Å²) in [6, 6.07) is 12.7. The molecule has 0 fully saturated rings. The SMILES string of the molecule is COc1cc2c(cc1OC)CC(NC(C)CCc1ccc(O)cc1)CC2. The van der Waals surface area contributed by atoms with Gasteiger partial charge in [0.15, 0.2) is 11.5 Å². The fraction of sp³-hybridized carbons (Fsp3) is 0.455. The number of fused-ring (bicyclic) bond motifs is 1. The second kappa shape index (κ2) is 8.45. The third-order valence-corrected chi connectivity index (χ3v) is 5.26.